The van der Waals surface area contributed by atoms with Crippen LogP contribution in [0.2, 0.25) is 0 Å². The number of unbranched alkanes of at least 4 members (excludes halogenated alkanes) is 1. The molecule has 38 heavy (non-hydrogen) atoms. The topological polar surface area (TPSA) is 93.8 Å². The van der Waals surface area contributed by atoms with E-state index in [4.69, 9.17) is 0 Å². The highest BCUT2D eigenvalue weighted by Gasteiger charge is 2.35. The van der Waals surface area contributed by atoms with Crippen molar-refractivity contribution in [1.82, 2.24) is 29.8 Å². The van der Waals surface area contributed by atoms with Crippen LogP contribution in [0, 0.1) is 11.8 Å². The smallest absolute Gasteiger partial charge is 0.295 e. The van der Waals surface area contributed by atoms with Crippen molar-refractivity contribution in [3.05, 3.63) is 64.5 Å². The molecule has 8 heteroatoms. The lowest BCUT2D eigenvalue weighted by Crippen LogP contribution is -2.39. The third-order valence-electron chi connectivity index (χ3n) is 8.79. The molecule has 1 saturated carbocycles. The van der Waals surface area contributed by atoms with Gasteiger partial charge >= 0.3 is 5.69 Å². The number of H-pyrrole nitrogens is 1. The van der Waals surface area contributed by atoms with Gasteiger partial charge in [-0.05, 0) is 60.8 Å². The number of benzene rings is 1. The number of aromatic amines is 1. The maximum atomic E-state index is 14.3. The summed E-state index contributed by atoms with van der Waals surface area (Å²) in [7, 11) is 0. The molecule has 2 aromatic heterocycles. The average Bonchev–Trinajstić information content (AvgIpc) is 3.54. The Kier molecular flexibility index (Phi) is 8.05. The van der Waals surface area contributed by atoms with Crippen LogP contribution in [0.1, 0.15) is 89.4 Å². The Morgan fingerprint density at radius 3 is 2.79 bits per heavy atom. The first-order valence-corrected chi connectivity index (χ1v) is 14.4. The number of aromatic nitrogens is 6. The second-order valence-corrected chi connectivity index (χ2v) is 11.2. The van der Waals surface area contributed by atoms with Crippen molar-refractivity contribution in [3.63, 3.8) is 0 Å². The first kappa shape index (κ1) is 26.3. The molecule has 5 rings (SSSR count). The Hall–Kier alpha value is -3.29. The minimum atomic E-state index is -0.391. The molecule has 0 bridgehead atoms. The highest BCUT2D eigenvalue weighted by atomic mass is 16.1. The molecule has 3 aromatic rings. The molecule has 3 heterocycles. The minimum absolute atomic E-state index is 0.137. The summed E-state index contributed by atoms with van der Waals surface area (Å²) in [4.78, 5) is 18.7. The molecule has 0 saturated heterocycles. The molecular formula is C30H41N7O. The van der Waals surface area contributed by atoms with Crippen LogP contribution in [-0.4, -0.2) is 36.0 Å². The van der Waals surface area contributed by atoms with E-state index in [0.29, 0.717) is 24.2 Å². The summed E-state index contributed by atoms with van der Waals surface area (Å²) < 4.78 is 4.20. The zero-order chi connectivity index (χ0) is 26.5. The zero-order valence-electron chi connectivity index (χ0n) is 23.0. The second-order valence-electron chi connectivity index (χ2n) is 11.2. The van der Waals surface area contributed by atoms with E-state index in [1.54, 1.807) is 0 Å². The number of imidazole rings is 1. The third kappa shape index (κ3) is 5.18. The van der Waals surface area contributed by atoms with Crippen molar-refractivity contribution in [2.24, 2.45) is 16.8 Å². The van der Waals surface area contributed by atoms with Gasteiger partial charge in [-0.15, -0.1) is 10.2 Å². The lowest BCUT2D eigenvalue weighted by atomic mass is 9.76. The maximum absolute atomic E-state index is 14.3. The lowest BCUT2D eigenvalue weighted by Gasteiger charge is -2.33. The van der Waals surface area contributed by atoms with E-state index < -0.39 is 5.41 Å². The summed E-state index contributed by atoms with van der Waals surface area (Å²) in [5.41, 5.74) is 2.92. The van der Waals surface area contributed by atoms with E-state index in [2.05, 4.69) is 79.9 Å². The summed E-state index contributed by atoms with van der Waals surface area (Å²) >= 11 is 0. The summed E-state index contributed by atoms with van der Waals surface area (Å²) in [6, 6.07) is 8.56. The number of nitrogens with one attached hydrogen (secondary N) is 1. The van der Waals surface area contributed by atoms with Crippen LogP contribution in [0.4, 0.5) is 0 Å². The fourth-order valence-corrected chi connectivity index (χ4v) is 6.60. The number of nitrogens with zero attached hydrogens (tertiary/aromatic N) is 6. The normalized spacial score (nSPS) is 25.5. The Morgan fingerprint density at radius 2 is 2.05 bits per heavy atom. The van der Waals surface area contributed by atoms with Gasteiger partial charge in [0.15, 0.2) is 0 Å². The number of allylic oxidation sites excluding steroid dienone is 1. The zero-order valence-corrected chi connectivity index (χ0v) is 23.0. The van der Waals surface area contributed by atoms with E-state index >= 15 is 0 Å². The summed E-state index contributed by atoms with van der Waals surface area (Å²) in [5, 5.41) is 14.6. The molecule has 8 nitrogen and oxygen atoms in total. The van der Waals surface area contributed by atoms with Crippen molar-refractivity contribution in [3.8, 4) is 11.4 Å². The van der Waals surface area contributed by atoms with Gasteiger partial charge in [0, 0.05) is 47.9 Å². The Morgan fingerprint density at radius 1 is 1.18 bits per heavy atom. The predicted octanol–water partition coefficient (Wildman–Crippen LogP) is 5.88. The van der Waals surface area contributed by atoms with Crippen LogP contribution in [0.25, 0.3) is 11.4 Å². The molecule has 202 valence electrons. The molecule has 4 unspecified atom stereocenters. The van der Waals surface area contributed by atoms with Gasteiger partial charge in [0.25, 0.3) is 0 Å². The fourth-order valence-electron chi connectivity index (χ4n) is 6.60. The standard InChI is InChI=1S/C30H41N7O/c1-4-6-14-26-20-36(27-22(3)10-7-8-11-23(27)5-2)29(38)37(26)21-30(15-17-31-18-16-30)25-13-9-12-24(19-25)28-32-34-35-33-28/h9,12-13,15,17-20,22-23,27H,4-8,10-11,14,16,21H2,1-3H3,(H,32,33,34,35). The first-order valence-electron chi connectivity index (χ1n) is 14.4. The van der Waals surface area contributed by atoms with E-state index in [1.165, 1.54) is 25.7 Å². The molecule has 0 radical (unpaired) electrons. The fraction of sp³-hybridized carbons (Fsp3) is 0.567. The van der Waals surface area contributed by atoms with E-state index in [1.807, 2.05) is 24.5 Å². The van der Waals surface area contributed by atoms with Gasteiger partial charge in [0.05, 0.1) is 0 Å². The summed E-state index contributed by atoms with van der Waals surface area (Å²) in [6.45, 7) is 7.42. The highest BCUT2D eigenvalue weighted by molar-refractivity contribution is 5.65. The van der Waals surface area contributed by atoms with Crippen LogP contribution >= 0.6 is 0 Å². The largest absolute Gasteiger partial charge is 0.328 e. The SMILES string of the molecule is CCCCc1cn(C2C(C)CCCCC2CC)c(=O)n1CC1(c2cccc(-c3nn[nH]n3)c2)C=CN=CC1. The number of rotatable bonds is 9. The van der Waals surface area contributed by atoms with E-state index in [9.17, 15) is 4.79 Å². The van der Waals surface area contributed by atoms with Gasteiger partial charge in [0.2, 0.25) is 5.82 Å². The van der Waals surface area contributed by atoms with Crippen LogP contribution in [0.3, 0.4) is 0 Å². The lowest BCUT2D eigenvalue weighted by molar-refractivity contribution is 0.231. The number of aryl methyl sites for hydroxylation is 1. The van der Waals surface area contributed by atoms with Gasteiger partial charge < -0.3 is 0 Å². The molecule has 4 atom stereocenters. The summed E-state index contributed by atoms with van der Waals surface area (Å²) in [6.07, 6.45) is 18.0. The average molecular weight is 516 g/mol. The van der Waals surface area contributed by atoms with Crippen LogP contribution in [-0.2, 0) is 18.4 Å². The first-order chi connectivity index (χ1) is 18.6. The molecule has 1 aliphatic carbocycles. The maximum Gasteiger partial charge on any atom is 0.328 e. The highest BCUT2D eigenvalue weighted by Crippen LogP contribution is 2.39. The monoisotopic (exact) mass is 515 g/mol. The van der Waals surface area contributed by atoms with Gasteiger partial charge in [-0.3, -0.25) is 14.1 Å². The molecular weight excluding hydrogens is 474 g/mol. The predicted molar refractivity (Wildman–Crippen MR) is 151 cm³/mol. The molecule has 1 aromatic carbocycles. The summed E-state index contributed by atoms with van der Waals surface area (Å²) in [5.74, 6) is 1.61. The third-order valence-corrected chi connectivity index (χ3v) is 8.79. The van der Waals surface area contributed by atoms with Gasteiger partial charge in [-0.1, -0.05) is 70.7 Å². The van der Waals surface area contributed by atoms with Crippen molar-refractivity contribution < 1.29 is 0 Å². The quantitative estimate of drug-likeness (QED) is 0.360. The Bertz CT molecular complexity index is 1320. The van der Waals surface area contributed by atoms with Gasteiger partial charge in [-0.25, -0.2) is 4.79 Å². The van der Waals surface area contributed by atoms with Crippen molar-refractivity contribution in [2.45, 2.75) is 96.6 Å². The Labute approximate surface area is 225 Å². The molecule has 0 spiro atoms. The van der Waals surface area contributed by atoms with Gasteiger partial charge in [-0.2, -0.15) is 5.21 Å². The second kappa shape index (κ2) is 11.6. The van der Waals surface area contributed by atoms with Crippen LogP contribution in [0.5, 0.6) is 0 Å². The molecule has 0 amide bonds. The van der Waals surface area contributed by atoms with Crippen molar-refractivity contribution >= 4 is 6.21 Å². The van der Waals surface area contributed by atoms with E-state index in [0.717, 1.165) is 48.9 Å². The Balaban J connectivity index is 1.59. The number of hydrogen-bond acceptors (Lipinski definition) is 5. The van der Waals surface area contributed by atoms with Crippen LogP contribution in [0.15, 0.2) is 52.5 Å². The van der Waals surface area contributed by atoms with Crippen LogP contribution < -0.4 is 5.69 Å². The molecule has 1 fully saturated rings. The number of aliphatic imine (C=N–C) groups is 1. The number of tetrazole rings is 1. The molecule has 1 N–H and O–H groups in total. The molecule has 2 aliphatic rings. The minimum Gasteiger partial charge on any atom is -0.295 e. The van der Waals surface area contributed by atoms with Gasteiger partial charge in [0.1, 0.15) is 0 Å². The van der Waals surface area contributed by atoms with E-state index in [-0.39, 0.29) is 11.7 Å². The molecule has 1 aliphatic heterocycles. The van der Waals surface area contributed by atoms with Crippen molar-refractivity contribution in [1.29, 1.82) is 0 Å². The number of hydrogen-bond donors (Lipinski definition) is 1. The van der Waals surface area contributed by atoms with Crippen molar-refractivity contribution in [2.75, 3.05) is 0 Å².